The van der Waals surface area contributed by atoms with E-state index in [1.807, 2.05) is 36.4 Å². The number of hydrogen-bond acceptors (Lipinski definition) is 3. The highest BCUT2D eigenvalue weighted by molar-refractivity contribution is 5.80. The summed E-state index contributed by atoms with van der Waals surface area (Å²) in [5.74, 6) is 1.30. The highest BCUT2D eigenvalue weighted by Crippen LogP contribution is 2.24. The zero-order valence-electron chi connectivity index (χ0n) is 15.1. The molecule has 1 N–H and O–H groups in total. The minimum absolute atomic E-state index is 0. The first kappa shape index (κ1) is 20.0. The Morgan fingerprint density at radius 2 is 1.73 bits per heavy atom. The van der Waals surface area contributed by atoms with Crippen LogP contribution in [0.4, 0.5) is 0 Å². The lowest BCUT2D eigenvalue weighted by Crippen LogP contribution is -3.12. The fourth-order valence-electron chi connectivity index (χ4n) is 2.89. The molecule has 0 aliphatic carbocycles. The van der Waals surface area contributed by atoms with E-state index in [2.05, 4.69) is 13.8 Å². The normalized spacial score (nSPS) is 10.7. The van der Waals surface area contributed by atoms with Crippen molar-refractivity contribution < 1.29 is 26.5 Å². The number of ether oxygens (including phenoxy) is 1. The maximum Gasteiger partial charge on any atom is 0.193 e. The molecule has 0 atom stereocenters. The van der Waals surface area contributed by atoms with Gasteiger partial charge in [0.2, 0.25) is 0 Å². The van der Waals surface area contributed by atoms with Gasteiger partial charge in [-0.1, -0.05) is 30.3 Å². The lowest BCUT2D eigenvalue weighted by molar-refractivity contribution is -0.896. The standard InChI is InChI=1S/C21H23NO3.ClH/c1-3-22(4-2)12-13-24-17-10-11-18-19(23)15-20(25-21(18)14-17)16-8-6-5-7-9-16;/h5-11,14-15H,3-4,12-13H2,1-2H3;1H. The first-order valence-corrected chi connectivity index (χ1v) is 8.81. The summed E-state index contributed by atoms with van der Waals surface area (Å²) in [5.41, 5.74) is 1.40. The van der Waals surface area contributed by atoms with Gasteiger partial charge in [0.25, 0.3) is 0 Å². The lowest BCUT2D eigenvalue weighted by Gasteiger charge is -2.15. The van der Waals surface area contributed by atoms with E-state index in [4.69, 9.17) is 9.15 Å². The highest BCUT2D eigenvalue weighted by atomic mass is 35.5. The SMILES string of the molecule is CC[NH+](CC)CCOc1ccc2c(=O)cc(-c3ccccc3)oc2c1.[Cl-]. The number of fused-ring (bicyclic) bond motifs is 1. The maximum absolute atomic E-state index is 12.4. The Morgan fingerprint density at radius 3 is 2.42 bits per heavy atom. The number of likely N-dealkylation sites (N-methyl/N-ethyl adjacent to an activating group) is 1. The number of benzene rings is 2. The molecule has 0 unspecified atom stereocenters. The average molecular weight is 374 g/mol. The number of quaternary nitrogens is 1. The smallest absolute Gasteiger partial charge is 0.193 e. The largest absolute Gasteiger partial charge is 1.00 e. The van der Waals surface area contributed by atoms with Crippen LogP contribution in [0.3, 0.4) is 0 Å². The third-order valence-corrected chi connectivity index (χ3v) is 4.48. The molecular formula is C21H24ClNO3. The van der Waals surface area contributed by atoms with E-state index in [1.165, 1.54) is 4.90 Å². The summed E-state index contributed by atoms with van der Waals surface area (Å²) < 4.78 is 11.8. The molecule has 138 valence electrons. The number of halogens is 1. The zero-order valence-corrected chi connectivity index (χ0v) is 15.9. The minimum Gasteiger partial charge on any atom is -1.00 e. The molecule has 0 saturated carbocycles. The zero-order chi connectivity index (χ0) is 17.6. The molecule has 1 aromatic heterocycles. The lowest BCUT2D eigenvalue weighted by atomic mass is 10.1. The van der Waals surface area contributed by atoms with Gasteiger partial charge in [-0.2, -0.15) is 0 Å². The molecule has 4 nitrogen and oxygen atoms in total. The monoisotopic (exact) mass is 373 g/mol. The van der Waals surface area contributed by atoms with Gasteiger partial charge in [0.15, 0.2) is 5.43 Å². The molecule has 1 heterocycles. The summed E-state index contributed by atoms with van der Waals surface area (Å²) in [5, 5.41) is 0.571. The highest BCUT2D eigenvalue weighted by Gasteiger charge is 2.09. The fraction of sp³-hybridized carbons (Fsp3) is 0.286. The summed E-state index contributed by atoms with van der Waals surface area (Å²) >= 11 is 0. The van der Waals surface area contributed by atoms with E-state index in [1.54, 1.807) is 18.2 Å². The van der Waals surface area contributed by atoms with Crippen molar-refractivity contribution in [3.05, 3.63) is 64.8 Å². The molecule has 0 aliphatic rings. The van der Waals surface area contributed by atoms with E-state index in [0.717, 1.165) is 30.9 Å². The third kappa shape index (κ3) is 4.65. The maximum atomic E-state index is 12.4. The Hall–Kier alpha value is -2.30. The molecule has 0 spiro atoms. The van der Waals surface area contributed by atoms with Crippen LogP contribution in [0.5, 0.6) is 5.75 Å². The average Bonchev–Trinajstić information content (AvgIpc) is 2.65. The summed E-state index contributed by atoms with van der Waals surface area (Å²) in [6, 6.07) is 16.6. The van der Waals surface area contributed by atoms with Gasteiger partial charge in [-0.25, -0.2) is 0 Å². The summed E-state index contributed by atoms with van der Waals surface area (Å²) in [6.45, 7) is 8.13. The minimum atomic E-state index is -0.0424. The Bertz CT molecular complexity index is 889. The van der Waals surface area contributed by atoms with Crippen LogP contribution >= 0.6 is 0 Å². The molecule has 0 saturated heterocycles. The van der Waals surface area contributed by atoms with E-state index in [0.29, 0.717) is 23.3 Å². The van der Waals surface area contributed by atoms with Gasteiger partial charge >= 0.3 is 0 Å². The van der Waals surface area contributed by atoms with Crippen LogP contribution < -0.4 is 27.5 Å². The van der Waals surface area contributed by atoms with Crippen LogP contribution in [0.25, 0.3) is 22.3 Å². The molecule has 3 aromatic rings. The first-order valence-electron chi connectivity index (χ1n) is 8.81. The first-order chi connectivity index (χ1) is 12.2. The second kappa shape index (κ2) is 9.41. The van der Waals surface area contributed by atoms with Crippen LogP contribution in [-0.4, -0.2) is 26.2 Å². The van der Waals surface area contributed by atoms with E-state index in [-0.39, 0.29) is 17.8 Å². The molecule has 5 heteroatoms. The number of nitrogens with one attached hydrogen (secondary N) is 1. The second-order valence-corrected chi connectivity index (χ2v) is 6.05. The molecule has 0 bridgehead atoms. The molecule has 0 radical (unpaired) electrons. The van der Waals surface area contributed by atoms with Crippen molar-refractivity contribution >= 4 is 11.0 Å². The molecule has 2 aromatic carbocycles. The molecule has 0 amide bonds. The van der Waals surface area contributed by atoms with Crippen LogP contribution in [0.1, 0.15) is 13.8 Å². The summed E-state index contributed by atoms with van der Waals surface area (Å²) in [4.78, 5) is 13.9. The third-order valence-electron chi connectivity index (χ3n) is 4.48. The number of rotatable bonds is 7. The topological polar surface area (TPSA) is 43.9 Å². The Balaban J connectivity index is 0.00000243. The van der Waals surface area contributed by atoms with Gasteiger partial charge in [-0.15, -0.1) is 0 Å². The van der Waals surface area contributed by atoms with E-state index < -0.39 is 0 Å². The molecular weight excluding hydrogens is 350 g/mol. The van der Waals surface area contributed by atoms with Gasteiger partial charge < -0.3 is 26.5 Å². The van der Waals surface area contributed by atoms with Crippen molar-refractivity contribution in [2.45, 2.75) is 13.8 Å². The fourth-order valence-corrected chi connectivity index (χ4v) is 2.89. The predicted molar refractivity (Wildman–Crippen MR) is 100 cm³/mol. The van der Waals surface area contributed by atoms with Crippen molar-refractivity contribution in [1.29, 1.82) is 0 Å². The quantitative estimate of drug-likeness (QED) is 0.622. The molecule has 26 heavy (non-hydrogen) atoms. The van der Waals surface area contributed by atoms with Crippen molar-refractivity contribution in [3.63, 3.8) is 0 Å². The molecule has 0 aliphatic heterocycles. The van der Waals surface area contributed by atoms with Crippen LogP contribution in [0.15, 0.2) is 63.8 Å². The second-order valence-electron chi connectivity index (χ2n) is 6.05. The van der Waals surface area contributed by atoms with Crippen molar-refractivity contribution in [3.8, 4) is 17.1 Å². The van der Waals surface area contributed by atoms with Gasteiger partial charge in [0.1, 0.15) is 30.2 Å². The summed E-state index contributed by atoms with van der Waals surface area (Å²) in [7, 11) is 0. The van der Waals surface area contributed by atoms with Crippen molar-refractivity contribution in [1.82, 2.24) is 0 Å². The van der Waals surface area contributed by atoms with Crippen molar-refractivity contribution in [2.75, 3.05) is 26.2 Å². The van der Waals surface area contributed by atoms with E-state index in [9.17, 15) is 4.79 Å². The van der Waals surface area contributed by atoms with Gasteiger partial charge in [0, 0.05) is 17.7 Å². The Kier molecular flexibility index (Phi) is 7.25. The van der Waals surface area contributed by atoms with Crippen LogP contribution in [0, 0.1) is 0 Å². The Labute approximate surface area is 159 Å². The molecule has 0 fully saturated rings. The van der Waals surface area contributed by atoms with Crippen LogP contribution in [0.2, 0.25) is 0 Å². The van der Waals surface area contributed by atoms with Gasteiger partial charge in [-0.05, 0) is 26.0 Å². The van der Waals surface area contributed by atoms with Crippen molar-refractivity contribution in [2.24, 2.45) is 0 Å². The molecule has 3 rings (SSSR count). The van der Waals surface area contributed by atoms with Gasteiger partial charge in [-0.3, -0.25) is 4.79 Å². The summed E-state index contributed by atoms with van der Waals surface area (Å²) in [6.07, 6.45) is 0. The van der Waals surface area contributed by atoms with E-state index >= 15 is 0 Å². The number of hydrogen-bond donors (Lipinski definition) is 1. The van der Waals surface area contributed by atoms with Gasteiger partial charge in [0.05, 0.1) is 18.5 Å². The predicted octanol–water partition coefficient (Wildman–Crippen LogP) is -0.232. The van der Waals surface area contributed by atoms with Crippen LogP contribution in [-0.2, 0) is 0 Å². The Morgan fingerprint density at radius 1 is 1.00 bits per heavy atom.